The smallest absolute Gasteiger partial charge is 0.342 e. The quantitative estimate of drug-likeness (QED) is 0.228. The van der Waals surface area contributed by atoms with Crippen molar-refractivity contribution in [1.82, 2.24) is 20.6 Å². The molecule has 0 aliphatic carbocycles. The number of anilines is 1. The summed E-state index contributed by atoms with van der Waals surface area (Å²) in [6.45, 7) is 3.50. The van der Waals surface area contributed by atoms with E-state index in [1.165, 1.54) is 25.5 Å². The lowest BCUT2D eigenvalue weighted by Crippen LogP contribution is -2.28. The summed E-state index contributed by atoms with van der Waals surface area (Å²) in [7, 11) is 1.35. The van der Waals surface area contributed by atoms with E-state index < -0.39 is 22.1 Å². The van der Waals surface area contributed by atoms with E-state index in [0.29, 0.717) is 5.56 Å². The van der Waals surface area contributed by atoms with Crippen molar-refractivity contribution in [2.24, 2.45) is 5.10 Å². The molecule has 2 aromatic rings. The summed E-state index contributed by atoms with van der Waals surface area (Å²) in [6, 6.07) is 2.72. The van der Waals surface area contributed by atoms with Crippen LogP contribution in [0.1, 0.15) is 25.8 Å². The SMILES string of the molecule is COc1cc(/C=N/NC(=O)CCNc2n[nH]c(=O)[nH]c2=O)cc([N+](=O)[O-])c1OC(C)C. The summed E-state index contributed by atoms with van der Waals surface area (Å²) in [5.41, 5.74) is 0.797. The van der Waals surface area contributed by atoms with Crippen LogP contribution in [-0.2, 0) is 4.79 Å². The average molecular weight is 435 g/mol. The predicted molar refractivity (Wildman–Crippen MR) is 110 cm³/mol. The van der Waals surface area contributed by atoms with Gasteiger partial charge in [0.2, 0.25) is 17.5 Å². The minimum atomic E-state index is -0.747. The monoisotopic (exact) mass is 435 g/mol. The van der Waals surface area contributed by atoms with Crippen molar-refractivity contribution < 1.29 is 19.2 Å². The maximum absolute atomic E-state index is 11.9. The first-order valence-corrected chi connectivity index (χ1v) is 8.99. The summed E-state index contributed by atoms with van der Waals surface area (Å²) < 4.78 is 10.7. The molecule has 31 heavy (non-hydrogen) atoms. The Hall–Kier alpha value is -4.23. The van der Waals surface area contributed by atoms with Crippen molar-refractivity contribution in [2.75, 3.05) is 19.0 Å². The fourth-order valence-corrected chi connectivity index (χ4v) is 2.32. The minimum Gasteiger partial charge on any atom is -0.493 e. The van der Waals surface area contributed by atoms with Gasteiger partial charge >= 0.3 is 11.4 Å². The molecule has 1 heterocycles. The van der Waals surface area contributed by atoms with Crippen LogP contribution in [-0.4, -0.2) is 52.0 Å². The number of methoxy groups -OCH3 is 1. The molecule has 0 atom stereocenters. The Morgan fingerprint density at radius 3 is 2.74 bits per heavy atom. The number of amides is 1. The van der Waals surface area contributed by atoms with E-state index in [-0.39, 0.29) is 42.1 Å². The first kappa shape index (κ1) is 23.1. The minimum absolute atomic E-state index is 0.000568. The van der Waals surface area contributed by atoms with Gasteiger partial charge in [0.25, 0.3) is 5.56 Å². The second-order valence-corrected chi connectivity index (χ2v) is 6.32. The Labute approximate surface area is 174 Å². The topological polar surface area (TPSA) is 194 Å². The molecule has 1 aromatic heterocycles. The van der Waals surface area contributed by atoms with Gasteiger partial charge in [-0.2, -0.15) is 5.10 Å². The van der Waals surface area contributed by atoms with Gasteiger partial charge in [0.05, 0.1) is 24.4 Å². The summed E-state index contributed by atoms with van der Waals surface area (Å²) in [4.78, 5) is 47.0. The molecule has 14 nitrogen and oxygen atoms in total. The van der Waals surface area contributed by atoms with Crippen molar-refractivity contribution in [2.45, 2.75) is 26.4 Å². The molecule has 0 fully saturated rings. The van der Waals surface area contributed by atoms with Crippen molar-refractivity contribution in [3.8, 4) is 11.5 Å². The highest BCUT2D eigenvalue weighted by atomic mass is 16.6. The molecule has 2 rings (SSSR count). The normalized spacial score (nSPS) is 10.8. The summed E-state index contributed by atoms with van der Waals surface area (Å²) >= 11 is 0. The van der Waals surface area contributed by atoms with Crippen LogP contribution in [0.25, 0.3) is 0 Å². The molecule has 0 radical (unpaired) electrons. The number of hydrogen-bond donors (Lipinski definition) is 4. The van der Waals surface area contributed by atoms with Crippen molar-refractivity contribution in [1.29, 1.82) is 0 Å². The first-order valence-electron chi connectivity index (χ1n) is 8.99. The molecule has 166 valence electrons. The molecule has 0 aliphatic heterocycles. The number of ether oxygens (including phenoxy) is 2. The van der Waals surface area contributed by atoms with Gasteiger partial charge in [0, 0.05) is 24.6 Å². The van der Waals surface area contributed by atoms with E-state index in [9.17, 15) is 24.5 Å². The number of hydrazone groups is 1. The number of H-pyrrole nitrogens is 2. The standard InChI is InChI=1S/C17H21N7O7/c1-9(2)31-14-11(24(28)29)6-10(7-12(14)30-3)8-19-21-13(25)4-5-18-15-16(26)20-17(27)23-22-15/h6-9H,4-5H2,1-3H3,(H,18,22)(H,21,25)(H2,20,23,26,27)/b19-8+. The third-order valence-electron chi connectivity index (χ3n) is 3.59. The molecule has 0 spiro atoms. The number of aromatic nitrogens is 3. The zero-order chi connectivity index (χ0) is 23.0. The van der Waals surface area contributed by atoms with E-state index in [1.807, 2.05) is 4.98 Å². The van der Waals surface area contributed by atoms with Gasteiger partial charge in [-0.1, -0.05) is 0 Å². The highest BCUT2D eigenvalue weighted by Crippen LogP contribution is 2.38. The van der Waals surface area contributed by atoms with Gasteiger partial charge in [-0.05, 0) is 19.9 Å². The van der Waals surface area contributed by atoms with E-state index in [4.69, 9.17) is 9.47 Å². The Bertz CT molecular complexity index is 1090. The molecular weight excluding hydrogens is 414 g/mol. The van der Waals surface area contributed by atoms with Crippen molar-refractivity contribution >= 4 is 23.6 Å². The number of aromatic amines is 2. The highest BCUT2D eigenvalue weighted by Gasteiger charge is 2.23. The number of nitro benzene ring substituents is 1. The Morgan fingerprint density at radius 2 is 2.13 bits per heavy atom. The molecule has 0 saturated heterocycles. The van der Waals surface area contributed by atoms with Crippen LogP contribution in [0.5, 0.6) is 11.5 Å². The number of carbonyl (C=O) groups excluding carboxylic acids is 1. The second kappa shape index (κ2) is 10.5. The predicted octanol–water partition coefficient (Wildman–Crippen LogP) is 0.115. The fraction of sp³-hybridized carbons (Fsp3) is 0.353. The number of rotatable bonds is 10. The van der Waals surface area contributed by atoms with Crippen LogP contribution in [0, 0.1) is 10.1 Å². The van der Waals surface area contributed by atoms with Crippen molar-refractivity contribution in [3.05, 3.63) is 48.6 Å². The molecule has 0 aliphatic rings. The van der Waals surface area contributed by atoms with Crippen LogP contribution < -0.4 is 31.5 Å². The van der Waals surface area contributed by atoms with Crippen molar-refractivity contribution in [3.63, 3.8) is 0 Å². The van der Waals surface area contributed by atoms with Gasteiger partial charge in [-0.3, -0.25) is 24.7 Å². The van der Waals surface area contributed by atoms with Crippen LogP contribution in [0.15, 0.2) is 26.8 Å². The maximum Gasteiger partial charge on any atom is 0.342 e. The van der Waals surface area contributed by atoms with Gasteiger partial charge in [-0.15, -0.1) is 5.10 Å². The largest absolute Gasteiger partial charge is 0.493 e. The Kier molecular flexibility index (Phi) is 7.82. The van der Waals surface area contributed by atoms with E-state index >= 15 is 0 Å². The number of nitrogens with one attached hydrogen (secondary N) is 4. The van der Waals surface area contributed by atoms with Gasteiger partial charge in [0.1, 0.15) is 0 Å². The van der Waals surface area contributed by atoms with Gasteiger partial charge in [-0.25, -0.2) is 15.3 Å². The molecule has 4 N–H and O–H groups in total. The van der Waals surface area contributed by atoms with Gasteiger partial charge < -0.3 is 14.8 Å². The number of carbonyl (C=O) groups is 1. The number of hydrogen-bond acceptors (Lipinski definition) is 10. The molecule has 0 saturated carbocycles. The molecule has 1 amide bonds. The summed E-state index contributed by atoms with van der Waals surface area (Å²) in [5, 5.41) is 23.3. The maximum atomic E-state index is 11.9. The van der Waals surface area contributed by atoms with Crippen LogP contribution in [0.2, 0.25) is 0 Å². The zero-order valence-corrected chi connectivity index (χ0v) is 16.9. The molecule has 1 aromatic carbocycles. The molecule has 14 heteroatoms. The van der Waals surface area contributed by atoms with E-state index in [2.05, 4.69) is 26.0 Å². The summed E-state index contributed by atoms with van der Waals surface area (Å²) in [5.74, 6) is -0.482. The second-order valence-electron chi connectivity index (χ2n) is 6.32. The zero-order valence-electron chi connectivity index (χ0n) is 16.9. The van der Waals surface area contributed by atoms with Gasteiger partial charge in [0.15, 0.2) is 5.75 Å². The number of nitro groups is 1. The molecule has 0 unspecified atom stereocenters. The first-order chi connectivity index (χ1) is 14.7. The Balaban J connectivity index is 2.00. The third-order valence-corrected chi connectivity index (χ3v) is 3.59. The number of nitrogens with zero attached hydrogens (tertiary/aromatic N) is 3. The molecule has 0 bridgehead atoms. The fourth-order valence-electron chi connectivity index (χ4n) is 2.32. The third kappa shape index (κ3) is 6.66. The van der Waals surface area contributed by atoms with Crippen LogP contribution in [0.3, 0.4) is 0 Å². The lowest BCUT2D eigenvalue weighted by molar-refractivity contribution is -0.386. The summed E-state index contributed by atoms with van der Waals surface area (Å²) in [6.07, 6.45) is 0.845. The Morgan fingerprint density at radius 1 is 1.39 bits per heavy atom. The highest BCUT2D eigenvalue weighted by molar-refractivity contribution is 5.85. The van der Waals surface area contributed by atoms with Crippen LogP contribution in [0.4, 0.5) is 11.5 Å². The number of benzene rings is 1. The molecular formula is C17H21N7O7. The average Bonchev–Trinajstić information content (AvgIpc) is 2.69. The lowest BCUT2D eigenvalue weighted by atomic mass is 10.2. The van der Waals surface area contributed by atoms with E-state index in [0.717, 1.165) is 0 Å². The lowest BCUT2D eigenvalue weighted by Gasteiger charge is -2.14. The van der Waals surface area contributed by atoms with E-state index in [1.54, 1.807) is 13.8 Å². The van der Waals surface area contributed by atoms with Crippen LogP contribution >= 0.6 is 0 Å².